The van der Waals surface area contributed by atoms with Crippen LogP contribution in [-0.4, -0.2) is 16.0 Å². The number of nitrogens with two attached hydrogens (primary N) is 1. The Balaban J connectivity index is 2.30. The van der Waals surface area contributed by atoms with Gasteiger partial charge in [-0.2, -0.15) is 0 Å². The van der Waals surface area contributed by atoms with Crippen LogP contribution >= 0.6 is 0 Å². The van der Waals surface area contributed by atoms with E-state index < -0.39 is 10.8 Å². The quantitative estimate of drug-likeness (QED) is 0.812. The van der Waals surface area contributed by atoms with E-state index in [0.717, 1.165) is 25.0 Å². The molecule has 2 unspecified atom stereocenters. The summed E-state index contributed by atoms with van der Waals surface area (Å²) in [5, 5.41) is 0. The fourth-order valence-corrected chi connectivity index (χ4v) is 2.95. The number of aryl methyl sites for hydroxylation is 1. The Kier molecular flexibility index (Phi) is 6.45. The Morgan fingerprint density at radius 2 is 2.18 bits per heavy atom. The number of benzene rings is 1. The van der Waals surface area contributed by atoms with E-state index in [1.807, 2.05) is 12.1 Å². The highest BCUT2D eigenvalue weighted by molar-refractivity contribution is 7.84. The van der Waals surface area contributed by atoms with Crippen molar-refractivity contribution in [2.75, 3.05) is 5.75 Å². The van der Waals surface area contributed by atoms with Crippen molar-refractivity contribution in [2.24, 2.45) is 5.73 Å². The summed E-state index contributed by atoms with van der Waals surface area (Å²) in [7, 11) is -0.753. The molecule has 1 aromatic rings. The maximum absolute atomic E-state index is 11.9. The zero-order chi connectivity index (χ0) is 12.7. The third-order valence-corrected chi connectivity index (χ3v) is 4.28. The highest BCUT2D eigenvalue weighted by Gasteiger charge is 2.04. The van der Waals surface area contributed by atoms with E-state index in [2.05, 4.69) is 26.0 Å². The highest BCUT2D eigenvalue weighted by atomic mass is 32.2. The molecule has 0 spiro atoms. The van der Waals surface area contributed by atoms with Gasteiger partial charge in [0, 0.05) is 28.3 Å². The average Bonchev–Trinajstić information content (AvgIpc) is 2.28. The van der Waals surface area contributed by atoms with Crippen LogP contribution in [0, 0.1) is 6.92 Å². The summed E-state index contributed by atoms with van der Waals surface area (Å²) in [5.41, 5.74) is 8.23. The molecule has 96 valence electrons. The molecule has 0 aliphatic carbocycles. The molecule has 0 fully saturated rings. The second kappa shape index (κ2) is 7.62. The summed E-state index contributed by atoms with van der Waals surface area (Å²) in [5.74, 6) is 1.44. The molecule has 0 saturated carbocycles. The van der Waals surface area contributed by atoms with E-state index in [9.17, 15) is 4.21 Å². The van der Waals surface area contributed by atoms with Gasteiger partial charge in [-0.15, -0.1) is 0 Å². The summed E-state index contributed by atoms with van der Waals surface area (Å²) in [6.07, 6.45) is 2.95. The first-order chi connectivity index (χ1) is 8.11. The zero-order valence-corrected chi connectivity index (χ0v) is 11.6. The molecule has 0 aliphatic rings. The van der Waals surface area contributed by atoms with E-state index in [0.29, 0.717) is 5.75 Å². The maximum Gasteiger partial charge on any atom is 0.0485 e. The minimum Gasteiger partial charge on any atom is -0.328 e. The van der Waals surface area contributed by atoms with Gasteiger partial charge in [-0.05, 0) is 31.7 Å². The van der Waals surface area contributed by atoms with Crippen LogP contribution in [0.3, 0.4) is 0 Å². The molecule has 1 rings (SSSR count). The van der Waals surface area contributed by atoms with E-state index in [-0.39, 0.29) is 6.04 Å². The molecule has 17 heavy (non-hydrogen) atoms. The van der Waals surface area contributed by atoms with Crippen LogP contribution in [0.5, 0.6) is 0 Å². The van der Waals surface area contributed by atoms with Crippen LogP contribution in [0.15, 0.2) is 24.3 Å². The van der Waals surface area contributed by atoms with Crippen LogP contribution in [0.1, 0.15) is 37.3 Å². The normalized spacial score (nSPS) is 14.5. The van der Waals surface area contributed by atoms with Crippen molar-refractivity contribution in [3.63, 3.8) is 0 Å². The van der Waals surface area contributed by atoms with Gasteiger partial charge in [-0.3, -0.25) is 4.21 Å². The lowest BCUT2D eigenvalue weighted by Crippen LogP contribution is -2.19. The predicted octanol–water partition coefficient (Wildman–Crippen LogP) is 2.76. The predicted molar refractivity (Wildman–Crippen MR) is 75.4 cm³/mol. The maximum atomic E-state index is 11.9. The Labute approximate surface area is 107 Å². The minimum absolute atomic E-state index is 0.269. The first kappa shape index (κ1) is 14.4. The molecule has 0 saturated heterocycles. The fraction of sp³-hybridized carbons (Fsp3) is 0.571. The molecule has 2 atom stereocenters. The third-order valence-electron chi connectivity index (χ3n) is 2.88. The first-order valence-corrected chi connectivity index (χ1v) is 7.76. The molecule has 3 heteroatoms. The second-order valence-electron chi connectivity index (χ2n) is 4.59. The lowest BCUT2D eigenvalue weighted by atomic mass is 10.1. The smallest absolute Gasteiger partial charge is 0.0485 e. The van der Waals surface area contributed by atoms with Crippen molar-refractivity contribution in [3.8, 4) is 0 Å². The average molecular weight is 253 g/mol. The largest absolute Gasteiger partial charge is 0.328 e. The lowest BCUT2D eigenvalue weighted by molar-refractivity contribution is 0.586. The van der Waals surface area contributed by atoms with E-state index in [4.69, 9.17) is 5.73 Å². The summed E-state index contributed by atoms with van der Waals surface area (Å²) < 4.78 is 11.9. The van der Waals surface area contributed by atoms with Crippen LogP contribution in [0.25, 0.3) is 0 Å². The molecule has 0 radical (unpaired) electrons. The Morgan fingerprint density at radius 1 is 1.41 bits per heavy atom. The van der Waals surface area contributed by atoms with Crippen molar-refractivity contribution in [3.05, 3.63) is 35.4 Å². The van der Waals surface area contributed by atoms with Gasteiger partial charge >= 0.3 is 0 Å². The number of hydrogen-bond donors (Lipinski definition) is 1. The van der Waals surface area contributed by atoms with Crippen LogP contribution in [0.4, 0.5) is 0 Å². The molecule has 0 aliphatic heterocycles. The Bertz CT molecular complexity index is 365. The summed E-state index contributed by atoms with van der Waals surface area (Å²) in [6.45, 7) is 4.15. The standard InChI is InChI=1S/C14H23NOS/c1-3-14(15)8-5-9-17(16)11-13-7-4-6-12(2)10-13/h4,6-7,10,14H,3,5,8-9,11,15H2,1-2H3. The van der Waals surface area contributed by atoms with E-state index >= 15 is 0 Å². The van der Waals surface area contributed by atoms with Crippen molar-refractivity contribution < 1.29 is 4.21 Å². The van der Waals surface area contributed by atoms with Crippen LogP contribution < -0.4 is 5.73 Å². The number of rotatable bonds is 7. The SMILES string of the molecule is CCC(N)CCCS(=O)Cc1cccc(C)c1. The molecule has 0 bridgehead atoms. The van der Waals surface area contributed by atoms with Gasteiger partial charge < -0.3 is 5.73 Å². The lowest BCUT2D eigenvalue weighted by Gasteiger charge is -2.08. The summed E-state index contributed by atoms with van der Waals surface area (Å²) in [6, 6.07) is 8.51. The molecule has 0 aromatic heterocycles. The van der Waals surface area contributed by atoms with Gasteiger partial charge in [0.05, 0.1) is 0 Å². The third kappa shape index (κ3) is 5.99. The van der Waals surface area contributed by atoms with E-state index in [1.165, 1.54) is 11.1 Å². The van der Waals surface area contributed by atoms with Gasteiger partial charge in [-0.25, -0.2) is 0 Å². The second-order valence-corrected chi connectivity index (χ2v) is 6.16. The van der Waals surface area contributed by atoms with Gasteiger partial charge in [0.15, 0.2) is 0 Å². The van der Waals surface area contributed by atoms with Crippen LogP contribution in [-0.2, 0) is 16.6 Å². The monoisotopic (exact) mass is 253 g/mol. The topological polar surface area (TPSA) is 43.1 Å². The molecule has 2 N–H and O–H groups in total. The Hall–Kier alpha value is -0.670. The molecule has 0 amide bonds. The van der Waals surface area contributed by atoms with Crippen molar-refractivity contribution in [1.82, 2.24) is 0 Å². The zero-order valence-electron chi connectivity index (χ0n) is 10.8. The number of hydrogen-bond acceptors (Lipinski definition) is 2. The van der Waals surface area contributed by atoms with E-state index in [1.54, 1.807) is 0 Å². The van der Waals surface area contributed by atoms with Gasteiger partial charge in [0.1, 0.15) is 0 Å². The molecule has 2 nitrogen and oxygen atoms in total. The van der Waals surface area contributed by atoms with Gasteiger partial charge in [-0.1, -0.05) is 36.8 Å². The van der Waals surface area contributed by atoms with Crippen molar-refractivity contribution >= 4 is 10.8 Å². The molecule has 0 heterocycles. The molecular formula is C14H23NOS. The van der Waals surface area contributed by atoms with Gasteiger partial charge in [0.2, 0.25) is 0 Å². The summed E-state index contributed by atoms with van der Waals surface area (Å²) >= 11 is 0. The minimum atomic E-state index is -0.753. The van der Waals surface area contributed by atoms with Crippen molar-refractivity contribution in [1.29, 1.82) is 0 Å². The Morgan fingerprint density at radius 3 is 2.82 bits per heavy atom. The van der Waals surface area contributed by atoms with Gasteiger partial charge in [0.25, 0.3) is 0 Å². The first-order valence-electron chi connectivity index (χ1n) is 6.28. The molecular weight excluding hydrogens is 230 g/mol. The van der Waals surface area contributed by atoms with Crippen molar-refractivity contribution in [2.45, 2.75) is 44.9 Å². The molecule has 1 aromatic carbocycles. The van der Waals surface area contributed by atoms with Crippen LogP contribution in [0.2, 0.25) is 0 Å². The fourth-order valence-electron chi connectivity index (χ4n) is 1.77. The summed E-state index contributed by atoms with van der Waals surface area (Å²) in [4.78, 5) is 0. The highest BCUT2D eigenvalue weighted by Crippen LogP contribution is 2.08.